The van der Waals surface area contributed by atoms with Crippen molar-refractivity contribution in [3.8, 4) is 0 Å². The number of carbonyl (C=O) groups is 1. The number of carbonyl (C=O) groups excluding carboxylic acids is 1. The van der Waals surface area contributed by atoms with Gasteiger partial charge in [0, 0.05) is 7.11 Å². The summed E-state index contributed by atoms with van der Waals surface area (Å²) in [7, 11) is 1.57. The summed E-state index contributed by atoms with van der Waals surface area (Å²) in [5.41, 5.74) is -0.501. The molecule has 0 saturated carbocycles. The summed E-state index contributed by atoms with van der Waals surface area (Å²) < 4.78 is 6.26. The minimum absolute atomic E-state index is 0.172. The predicted molar refractivity (Wildman–Crippen MR) is 71.8 cm³/mol. The van der Waals surface area contributed by atoms with Gasteiger partial charge >= 0.3 is 0 Å². The number of amides is 1. The first-order valence-corrected chi connectivity index (χ1v) is 6.46. The molecule has 0 radical (unpaired) electrons. The maximum Gasteiger partial charge on any atom is 0.228 e. The number of nitrogens with one attached hydrogen (secondary N) is 1. The number of halogens is 2. The molecule has 1 aromatic rings. The summed E-state index contributed by atoms with van der Waals surface area (Å²) >= 11 is 6.41. The Bertz CT molecular complexity index is 424. The molecule has 0 unspecified atom stereocenters. The normalized spacial score (nSPS) is 11.4. The third kappa shape index (κ3) is 4.69. The van der Waals surface area contributed by atoms with Crippen molar-refractivity contribution in [2.75, 3.05) is 12.4 Å². The molecular weight excluding hydrogens is 354 g/mol. The molecule has 1 rings (SSSR count). The molecule has 0 spiro atoms. The van der Waals surface area contributed by atoms with Gasteiger partial charge in [-0.25, -0.2) is 9.97 Å². The summed E-state index contributed by atoms with van der Waals surface area (Å²) in [4.78, 5) is 19.8. The Labute approximate surface area is 117 Å². The average molecular weight is 367 g/mol. The van der Waals surface area contributed by atoms with Crippen LogP contribution in [0.1, 0.15) is 20.3 Å². The minimum atomic E-state index is -0.501. The molecule has 1 amide bonds. The van der Waals surface area contributed by atoms with E-state index in [1.807, 2.05) is 13.8 Å². The van der Waals surface area contributed by atoms with Crippen LogP contribution in [-0.4, -0.2) is 28.6 Å². The van der Waals surface area contributed by atoms with Crippen molar-refractivity contribution < 1.29 is 9.53 Å². The molecule has 1 N–H and O–H groups in total. The molecule has 0 aliphatic rings. The van der Waals surface area contributed by atoms with Crippen LogP contribution in [0.5, 0.6) is 0 Å². The highest BCUT2D eigenvalue weighted by Crippen LogP contribution is 2.20. The van der Waals surface area contributed by atoms with E-state index in [4.69, 9.17) is 4.74 Å². The molecule has 5 nitrogen and oxygen atoms in total. The average Bonchev–Trinajstić information content (AvgIpc) is 2.21. The Morgan fingerprint density at radius 2 is 2.18 bits per heavy atom. The number of anilines is 1. The van der Waals surface area contributed by atoms with E-state index in [-0.39, 0.29) is 12.3 Å². The first kappa shape index (κ1) is 14.5. The number of hydrogen-bond donors (Lipinski definition) is 1. The number of nitrogens with zero attached hydrogens (tertiary/aromatic N) is 2. The van der Waals surface area contributed by atoms with Crippen molar-refractivity contribution in [1.82, 2.24) is 9.97 Å². The molecule has 17 heavy (non-hydrogen) atoms. The lowest BCUT2D eigenvalue weighted by atomic mass is 10.1. The van der Waals surface area contributed by atoms with E-state index in [1.165, 1.54) is 6.20 Å². The van der Waals surface area contributed by atoms with Crippen molar-refractivity contribution in [2.24, 2.45) is 0 Å². The van der Waals surface area contributed by atoms with E-state index in [1.54, 1.807) is 7.11 Å². The van der Waals surface area contributed by atoms with Crippen LogP contribution in [-0.2, 0) is 9.53 Å². The topological polar surface area (TPSA) is 64.1 Å². The third-order valence-corrected chi connectivity index (χ3v) is 3.03. The second-order valence-electron chi connectivity index (χ2n) is 4.02. The van der Waals surface area contributed by atoms with Crippen LogP contribution >= 0.6 is 31.9 Å². The summed E-state index contributed by atoms with van der Waals surface area (Å²) in [6.07, 6.45) is 1.76. The van der Waals surface area contributed by atoms with Gasteiger partial charge < -0.3 is 10.1 Å². The van der Waals surface area contributed by atoms with Crippen LogP contribution in [0.3, 0.4) is 0 Å². The minimum Gasteiger partial charge on any atom is -0.378 e. The maximum absolute atomic E-state index is 11.7. The van der Waals surface area contributed by atoms with Gasteiger partial charge in [0.05, 0.1) is 18.2 Å². The molecule has 94 valence electrons. The lowest BCUT2D eigenvalue weighted by molar-refractivity contribution is -0.121. The Morgan fingerprint density at radius 1 is 1.53 bits per heavy atom. The van der Waals surface area contributed by atoms with Crippen LogP contribution in [0.4, 0.5) is 5.82 Å². The Kier molecular flexibility index (Phi) is 5.03. The first-order valence-electron chi connectivity index (χ1n) is 4.87. The van der Waals surface area contributed by atoms with Gasteiger partial charge in [0.15, 0.2) is 5.82 Å². The third-order valence-electron chi connectivity index (χ3n) is 2.10. The standard InChI is InChI=1S/C10H13Br2N3O2/c1-10(2,17-3)4-7(16)15-9-8(12)14-6(11)5-13-9/h5H,4H2,1-3H3,(H,13,15,16). The summed E-state index contributed by atoms with van der Waals surface area (Å²) in [6, 6.07) is 0. The van der Waals surface area contributed by atoms with Gasteiger partial charge in [0.25, 0.3) is 0 Å². The molecule has 0 saturated heterocycles. The second kappa shape index (κ2) is 5.88. The molecule has 0 aromatic carbocycles. The molecule has 0 aliphatic heterocycles. The van der Waals surface area contributed by atoms with Gasteiger partial charge in [-0.05, 0) is 45.7 Å². The zero-order valence-corrected chi connectivity index (χ0v) is 12.9. The van der Waals surface area contributed by atoms with E-state index >= 15 is 0 Å². The largest absolute Gasteiger partial charge is 0.378 e. The number of hydrogen-bond acceptors (Lipinski definition) is 4. The van der Waals surface area contributed by atoms with Crippen LogP contribution in [0.2, 0.25) is 0 Å². The fourth-order valence-electron chi connectivity index (χ4n) is 1.07. The van der Waals surface area contributed by atoms with Gasteiger partial charge in [0.2, 0.25) is 5.91 Å². The Hall–Kier alpha value is -0.530. The van der Waals surface area contributed by atoms with E-state index in [0.29, 0.717) is 15.0 Å². The quantitative estimate of drug-likeness (QED) is 0.889. The van der Waals surface area contributed by atoms with Crippen molar-refractivity contribution in [3.63, 3.8) is 0 Å². The second-order valence-corrected chi connectivity index (χ2v) is 5.58. The number of rotatable bonds is 4. The molecule has 0 aliphatic carbocycles. The van der Waals surface area contributed by atoms with E-state index in [9.17, 15) is 4.79 Å². The molecule has 1 aromatic heterocycles. The van der Waals surface area contributed by atoms with Crippen molar-refractivity contribution in [3.05, 3.63) is 15.4 Å². The van der Waals surface area contributed by atoms with Gasteiger partial charge in [-0.15, -0.1) is 0 Å². The zero-order valence-electron chi connectivity index (χ0n) is 9.75. The summed E-state index contributed by atoms with van der Waals surface area (Å²) in [5.74, 6) is 0.222. The van der Waals surface area contributed by atoms with Gasteiger partial charge in [-0.3, -0.25) is 4.79 Å². The first-order chi connectivity index (χ1) is 7.84. The molecule has 0 bridgehead atoms. The lowest BCUT2D eigenvalue weighted by Crippen LogP contribution is -2.29. The number of aromatic nitrogens is 2. The molecule has 1 heterocycles. The number of ether oxygens (including phenoxy) is 1. The fourth-order valence-corrected chi connectivity index (χ4v) is 1.98. The maximum atomic E-state index is 11.7. The van der Waals surface area contributed by atoms with Crippen LogP contribution in [0, 0.1) is 0 Å². The smallest absolute Gasteiger partial charge is 0.228 e. The van der Waals surface area contributed by atoms with E-state index in [2.05, 4.69) is 47.1 Å². The van der Waals surface area contributed by atoms with Crippen LogP contribution in [0.15, 0.2) is 15.4 Å². The van der Waals surface area contributed by atoms with Crippen molar-refractivity contribution in [2.45, 2.75) is 25.9 Å². The van der Waals surface area contributed by atoms with Crippen molar-refractivity contribution in [1.29, 1.82) is 0 Å². The summed E-state index contributed by atoms with van der Waals surface area (Å²) in [5, 5.41) is 2.67. The van der Waals surface area contributed by atoms with E-state index < -0.39 is 5.60 Å². The highest BCUT2D eigenvalue weighted by atomic mass is 79.9. The molecule has 0 fully saturated rings. The molecule has 7 heteroatoms. The highest BCUT2D eigenvalue weighted by Gasteiger charge is 2.21. The van der Waals surface area contributed by atoms with Gasteiger partial charge in [-0.1, -0.05) is 0 Å². The van der Waals surface area contributed by atoms with Gasteiger partial charge in [-0.2, -0.15) is 0 Å². The zero-order chi connectivity index (χ0) is 13.1. The molecule has 0 atom stereocenters. The SMILES string of the molecule is COC(C)(C)CC(=O)Nc1ncc(Br)nc1Br. The Balaban J connectivity index is 2.69. The molecular formula is C10H13Br2N3O2. The van der Waals surface area contributed by atoms with Crippen LogP contribution < -0.4 is 5.32 Å². The van der Waals surface area contributed by atoms with Crippen LogP contribution in [0.25, 0.3) is 0 Å². The summed E-state index contributed by atoms with van der Waals surface area (Å²) in [6.45, 7) is 3.68. The number of methoxy groups -OCH3 is 1. The monoisotopic (exact) mass is 365 g/mol. The lowest BCUT2D eigenvalue weighted by Gasteiger charge is -2.21. The van der Waals surface area contributed by atoms with Crippen molar-refractivity contribution >= 4 is 43.6 Å². The fraction of sp³-hybridized carbons (Fsp3) is 0.500. The predicted octanol–water partition coefficient (Wildman–Crippen LogP) is 2.76. The highest BCUT2D eigenvalue weighted by molar-refractivity contribution is 9.11. The van der Waals surface area contributed by atoms with Gasteiger partial charge in [0.1, 0.15) is 9.21 Å². The Morgan fingerprint density at radius 3 is 2.71 bits per heavy atom. The van der Waals surface area contributed by atoms with E-state index in [0.717, 1.165) is 0 Å².